The maximum absolute atomic E-state index is 12.2. The van der Waals surface area contributed by atoms with Crippen LogP contribution in [0.15, 0.2) is 0 Å². The normalized spacial score (nSPS) is 10.5. The number of aryl methyl sites for hydroxylation is 2. The lowest BCUT2D eigenvalue weighted by Crippen LogP contribution is -2.32. The molecule has 1 heterocycles. The highest BCUT2D eigenvalue weighted by Gasteiger charge is 2.22. The number of anilines is 1. The SMILES string of the molecule is CCc1nn(C)c(C(=O)N(CC)CC)c1N. The Morgan fingerprint density at radius 3 is 2.31 bits per heavy atom. The first-order valence-corrected chi connectivity index (χ1v) is 5.67. The smallest absolute Gasteiger partial charge is 0.274 e. The van der Waals surface area contributed by atoms with Crippen molar-refractivity contribution in [2.45, 2.75) is 27.2 Å². The van der Waals surface area contributed by atoms with Gasteiger partial charge in [0.05, 0.1) is 11.4 Å². The second-order valence-electron chi connectivity index (χ2n) is 3.66. The van der Waals surface area contributed by atoms with E-state index in [0.29, 0.717) is 24.5 Å². The van der Waals surface area contributed by atoms with Crippen molar-refractivity contribution in [3.05, 3.63) is 11.4 Å². The third-order valence-corrected chi connectivity index (χ3v) is 2.75. The monoisotopic (exact) mass is 224 g/mol. The van der Waals surface area contributed by atoms with Crippen LogP contribution in [0.5, 0.6) is 0 Å². The van der Waals surface area contributed by atoms with Gasteiger partial charge in [-0.05, 0) is 20.3 Å². The summed E-state index contributed by atoms with van der Waals surface area (Å²) in [5.74, 6) is -0.0443. The predicted octanol–water partition coefficient (Wildman–Crippen LogP) is 1.05. The zero-order valence-electron chi connectivity index (χ0n) is 10.4. The fourth-order valence-electron chi connectivity index (χ4n) is 1.77. The van der Waals surface area contributed by atoms with Crippen molar-refractivity contribution in [2.75, 3.05) is 18.8 Å². The van der Waals surface area contributed by atoms with Crippen molar-refractivity contribution in [1.29, 1.82) is 0 Å². The van der Waals surface area contributed by atoms with Gasteiger partial charge in [0.15, 0.2) is 0 Å². The summed E-state index contributed by atoms with van der Waals surface area (Å²) in [7, 11) is 1.76. The Bertz CT molecular complexity index is 380. The molecule has 5 heteroatoms. The van der Waals surface area contributed by atoms with E-state index in [4.69, 9.17) is 5.73 Å². The van der Waals surface area contributed by atoms with Crippen molar-refractivity contribution in [3.63, 3.8) is 0 Å². The summed E-state index contributed by atoms with van der Waals surface area (Å²) >= 11 is 0. The number of nitrogens with two attached hydrogens (primary N) is 1. The molecule has 0 spiro atoms. The van der Waals surface area contributed by atoms with Crippen LogP contribution in [0, 0.1) is 0 Å². The number of hydrogen-bond donors (Lipinski definition) is 1. The van der Waals surface area contributed by atoms with E-state index in [1.165, 1.54) is 0 Å². The third-order valence-electron chi connectivity index (χ3n) is 2.75. The summed E-state index contributed by atoms with van der Waals surface area (Å²) in [5, 5.41) is 4.24. The van der Waals surface area contributed by atoms with Crippen LogP contribution in [0.1, 0.15) is 37.0 Å². The standard InChI is InChI=1S/C11H20N4O/c1-5-8-9(12)10(14(4)13-8)11(16)15(6-2)7-3/h5-7,12H2,1-4H3. The van der Waals surface area contributed by atoms with E-state index in [2.05, 4.69) is 5.10 Å². The molecule has 0 aliphatic carbocycles. The van der Waals surface area contributed by atoms with Gasteiger partial charge in [-0.15, -0.1) is 0 Å². The number of aromatic nitrogens is 2. The molecule has 0 aliphatic rings. The van der Waals surface area contributed by atoms with E-state index >= 15 is 0 Å². The summed E-state index contributed by atoms with van der Waals surface area (Å²) in [6, 6.07) is 0. The Hall–Kier alpha value is -1.52. The molecule has 1 rings (SSSR count). The third kappa shape index (κ3) is 2.03. The number of amides is 1. The Morgan fingerprint density at radius 1 is 1.38 bits per heavy atom. The Kier molecular flexibility index (Phi) is 3.93. The minimum absolute atomic E-state index is 0.0443. The molecule has 0 aromatic carbocycles. The van der Waals surface area contributed by atoms with E-state index in [-0.39, 0.29) is 5.91 Å². The van der Waals surface area contributed by atoms with Crippen molar-refractivity contribution in [2.24, 2.45) is 7.05 Å². The van der Waals surface area contributed by atoms with Crippen molar-refractivity contribution >= 4 is 11.6 Å². The van der Waals surface area contributed by atoms with Crippen LogP contribution in [0.2, 0.25) is 0 Å². The van der Waals surface area contributed by atoms with Crippen LogP contribution in [0.3, 0.4) is 0 Å². The van der Waals surface area contributed by atoms with Gasteiger partial charge in [0.25, 0.3) is 5.91 Å². The second-order valence-corrected chi connectivity index (χ2v) is 3.66. The molecule has 1 aromatic rings. The summed E-state index contributed by atoms with van der Waals surface area (Å²) < 4.78 is 1.58. The number of nitrogen functional groups attached to an aromatic ring is 1. The minimum Gasteiger partial charge on any atom is -0.395 e. The molecule has 16 heavy (non-hydrogen) atoms. The summed E-state index contributed by atoms with van der Waals surface area (Å²) in [5.41, 5.74) is 7.74. The number of carbonyl (C=O) groups excluding carboxylic acids is 1. The fourth-order valence-corrected chi connectivity index (χ4v) is 1.77. The maximum Gasteiger partial charge on any atom is 0.274 e. The van der Waals surface area contributed by atoms with E-state index in [1.807, 2.05) is 20.8 Å². The highest BCUT2D eigenvalue weighted by molar-refractivity contribution is 5.98. The van der Waals surface area contributed by atoms with E-state index in [9.17, 15) is 4.79 Å². The Balaban J connectivity index is 3.12. The van der Waals surface area contributed by atoms with E-state index in [0.717, 1.165) is 12.1 Å². The average molecular weight is 224 g/mol. The lowest BCUT2D eigenvalue weighted by molar-refractivity contribution is 0.0763. The van der Waals surface area contributed by atoms with E-state index in [1.54, 1.807) is 16.6 Å². The molecule has 1 aromatic heterocycles. The van der Waals surface area contributed by atoms with Crippen LogP contribution in [0.25, 0.3) is 0 Å². The van der Waals surface area contributed by atoms with Crippen LogP contribution >= 0.6 is 0 Å². The van der Waals surface area contributed by atoms with Crippen molar-refractivity contribution < 1.29 is 4.79 Å². The number of carbonyl (C=O) groups is 1. The van der Waals surface area contributed by atoms with Crippen LogP contribution in [-0.4, -0.2) is 33.7 Å². The zero-order chi connectivity index (χ0) is 12.3. The maximum atomic E-state index is 12.2. The summed E-state index contributed by atoms with van der Waals surface area (Å²) in [6.45, 7) is 7.25. The average Bonchev–Trinajstić information content (AvgIpc) is 2.55. The molecule has 0 aliphatic heterocycles. The van der Waals surface area contributed by atoms with Gasteiger partial charge in [-0.25, -0.2) is 0 Å². The molecule has 0 radical (unpaired) electrons. The topological polar surface area (TPSA) is 64.2 Å². The lowest BCUT2D eigenvalue weighted by Gasteiger charge is -2.18. The summed E-state index contributed by atoms with van der Waals surface area (Å²) in [4.78, 5) is 13.9. The first-order valence-electron chi connectivity index (χ1n) is 5.67. The second kappa shape index (κ2) is 5.01. The molecule has 1 amide bonds. The van der Waals surface area contributed by atoms with Crippen LogP contribution in [-0.2, 0) is 13.5 Å². The number of rotatable bonds is 4. The minimum atomic E-state index is -0.0443. The molecule has 5 nitrogen and oxygen atoms in total. The van der Waals surface area contributed by atoms with E-state index < -0.39 is 0 Å². The van der Waals surface area contributed by atoms with Gasteiger partial charge in [-0.3, -0.25) is 9.48 Å². The van der Waals surface area contributed by atoms with Crippen molar-refractivity contribution in [1.82, 2.24) is 14.7 Å². The molecule has 0 atom stereocenters. The van der Waals surface area contributed by atoms with Gasteiger partial charge < -0.3 is 10.6 Å². The molecular weight excluding hydrogens is 204 g/mol. The Labute approximate surface area is 96.2 Å². The molecule has 0 bridgehead atoms. The highest BCUT2D eigenvalue weighted by Crippen LogP contribution is 2.18. The molecule has 0 unspecified atom stereocenters. The van der Waals surface area contributed by atoms with Gasteiger partial charge in [-0.1, -0.05) is 6.92 Å². The van der Waals surface area contributed by atoms with Gasteiger partial charge in [0, 0.05) is 20.1 Å². The molecular formula is C11H20N4O. The molecule has 0 fully saturated rings. The van der Waals surface area contributed by atoms with Gasteiger partial charge in [-0.2, -0.15) is 5.10 Å². The largest absolute Gasteiger partial charge is 0.395 e. The molecule has 2 N–H and O–H groups in total. The molecule has 0 saturated heterocycles. The van der Waals surface area contributed by atoms with Crippen LogP contribution in [0.4, 0.5) is 5.69 Å². The Morgan fingerprint density at radius 2 is 1.94 bits per heavy atom. The first kappa shape index (κ1) is 12.5. The van der Waals surface area contributed by atoms with Crippen molar-refractivity contribution in [3.8, 4) is 0 Å². The van der Waals surface area contributed by atoms with Crippen LogP contribution < -0.4 is 5.73 Å². The summed E-state index contributed by atoms with van der Waals surface area (Å²) in [6.07, 6.45) is 0.741. The predicted molar refractivity (Wildman–Crippen MR) is 64.2 cm³/mol. The van der Waals surface area contributed by atoms with Gasteiger partial charge in [0.2, 0.25) is 0 Å². The zero-order valence-corrected chi connectivity index (χ0v) is 10.4. The van der Waals surface area contributed by atoms with Gasteiger partial charge >= 0.3 is 0 Å². The first-order chi connectivity index (χ1) is 7.56. The lowest BCUT2D eigenvalue weighted by atomic mass is 10.2. The highest BCUT2D eigenvalue weighted by atomic mass is 16.2. The fraction of sp³-hybridized carbons (Fsp3) is 0.636. The van der Waals surface area contributed by atoms with Gasteiger partial charge in [0.1, 0.15) is 5.69 Å². The molecule has 0 saturated carbocycles. The number of hydrogen-bond acceptors (Lipinski definition) is 3. The number of nitrogens with zero attached hydrogens (tertiary/aromatic N) is 3. The molecule has 90 valence electrons. The quantitative estimate of drug-likeness (QED) is 0.831.